The molecule has 0 bridgehead atoms. The summed E-state index contributed by atoms with van der Waals surface area (Å²) in [5.74, 6) is 1.26. The molecule has 0 aliphatic rings. The van der Waals surface area contributed by atoms with Crippen molar-refractivity contribution in [3.05, 3.63) is 57.0 Å². The second-order valence-corrected chi connectivity index (χ2v) is 8.87. The van der Waals surface area contributed by atoms with Crippen LogP contribution in [0.1, 0.15) is 55.8 Å². The number of phenolic OH excluding ortho intramolecular Hbond substituents is 1. The summed E-state index contributed by atoms with van der Waals surface area (Å²) in [5, 5.41) is 14.4. The number of benzene rings is 2. The third kappa shape index (κ3) is 7.14. The molecule has 2 aromatic rings. The number of nitrogens with zero attached hydrogens (tertiary/aromatic N) is 1. The normalized spacial score (nSPS) is 11.8. The molecule has 2 aromatic carbocycles. The van der Waals surface area contributed by atoms with E-state index in [2.05, 4.69) is 9.91 Å². The van der Waals surface area contributed by atoms with Crippen molar-refractivity contribution in [2.45, 2.75) is 56.9 Å². The number of phenols is 1. The molecule has 1 unspecified atom stereocenters. The van der Waals surface area contributed by atoms with E-state index in [0.717, 1.165) is 34.6 Å². The van der Waals surface area contributed by atoms with Gasteiger partial charge in [-0.15, -0.1) is 11.8 Å². The summed E-state index contributed by atoms with van der Waals surface area (Å²) in [4.78, 5) is 23.4. The fraction of sp³-hybridized carbons (Fsp3) is 0.458. The van der Waals surface area contributed by atoms with Crippen molar-refractivity contribution in [3.63, 3.8) is 0 Å². The molecule has 174 valence electrons. The summed E-state index contributed by atoms with van der Waals surface area (Å²) in [6.45, 7) is 4.39. The van der Waals surface area contributed by atoms with E-state index in [9.17, 15) is 14.8 Å². The Labute approximate surface area is 198 Å². The first kappa shape index (κ1) is 26.0. The molecule has 1 atom stereocenters. The summed E-state index contributed by atoms with van der Waals surface area (Å²) in [6, 6.07) is 8.56. The largest absolute Gasteiger partial charge is 0.507 e. The Bertz CT molecular complexity index is 922. The molecule has 0 heterocycles. The summed E-state index contributed by atoms with van der Waals surface area (Å²) < 4.78 is 10.6. The average molecular weight is 480 g/mol. The molecule has 0 saturated carbocycles. The number of thioether (sulfide) groups is 1. The minimum absolute atomic E-state index is 0.115. The van der Waals surface area contributed by atoms with Gasteiger partial charge in [0.25, 0.3) is 0 Å². The highest BCUT2D eigenvalue weighted by molar-refractivity contribution is 7.99. The lowest BCUT2D eigenvalue weighted by molar-refractivity contribution is -0.139. The maximum atomic E-state index is 11.4. The van der Waals surface area contributed by atoms with Crippen LogP contribution in [0.4, 0.5) is 0 Å². The van der Waals surface area contributed by atoms with Gasteiger partial charge in [0, 0.05) is 21.8 Å². The van der Waals surface area contributed by atoms with Gasteiger partial charge in [-0.2, -0.15) is 4.91 Å². The number of nitroso groups, excluding NO2 is 1. The number of hydrogen-bond donors (Lipinski definition) is 1. The molecule has 32 heavy (non-hydrogen) atoms. The number of carbonyl (C=O) groups is 1. The average Bonchev–Trinajstić information content (AvgIpc) is 2.78. The summed E-state index contributed by atoms with van der Waals surface area (Å²) in [6.07, 6.45) is 3.02. The van der Waals surface area contributed by atoms with Gasteiger partial charge in [0.1, 0.15) is 17.5 Å². The van der Waals surface area contributed by atoms with Gasteiger partial charge in [0.05, 0.1) is 25.2 Å². The third-order valence-electron chi connectivity index (χ3n) is 5.02. The molecule has 0 spiro atoms. The summed E-state index contributed by atoms with van der Waals surface area (Å²) >= 11 is 7.96. The Kier molecular flexibility index (Phi) is 10.8. The Morgan fingerprint density at radius 1 is 1.25 bits per heavy atom. The highest BCUT2D eigenvalue weighted by Gasteiger charge is 2.19. The van der Waals surface area contributed by atoms with E-state index in [-0.39, 0.29) is 18.1 Å². The molecular weight excluding hydrogens is 450 g/mol. The van der Waals surface area contributed by atoms with Crippen molar-refractivity contribution in [2.75, 3.05) is 19.5 Å². The zero-order valence-electron chi connectivity index (χ0n) is 18.7. The lowest BCUT2D eigenvalue weighted by Crippen LogP contribution is -2.04. The third-order valence-corrected chi connectivity index (χ3v) is 6.60. The van der Waals surface area contributed by atoms with E-state index in [1.54, 1.807) is 23.9 Å². The zero-order chi connectivity index (χ0) is 23.5. The zero-order valence-corrected chi connectivity index (χ0v) is 20.3. The monoisotopic (exact) mass is 479 g/mol. The maximum Gasteiger partial charge on any atom is 0.309 e. The number of hydrogen-bond acceptors (Lipinski definition) is 7. The second-order valence-electron chi connectivity index (χ2n) is 7.33. The van der Waals surface area contributed by atoms with E-state index in [1.807, 2.05) is 32.0 Å². The summed E-state index contributed by atoms with van der Waals surface area (Å²) in [7, 11) is 1.36. The minimum Gasteiger partial charge on any atom is -0.507 e. The molecule has 0 aliphatic carbocycles. The number of aromatic hydroxyl groups is 1. The quantitative estimate of drug-likeness (QED) is 0.153. The first-order valence-electron chi connectivity index (χ1n) is 10.7. The molecule has 1 N–H and O–H groups in total. The van der Waals surface area contributed by atoms with E-state index >= 15 is 0 Å². The minimum atomic E-state index is -0.556. The SMILES string of the molecule is CCCc1c(OCCCSc2ccc(CC(=O)OC)cc2Cl)ccc(C(CC)N=O)c1O. The van der Waals surface area contributed by atoms with Crippen molar-refractivity contribution in [1.82, 2.24) is 0 Å². The second kappa shape index (κ2) is 13.3. The van der Waals surface area contributed by atoms with Crippen LogP contribution in [-0.2, 0) is 22.4 Å². The number of esters is 1. The van der Waals surface area contributed by atoms with Gasteiger partial charge < -0.3 is 14.6 Å². The van der Waals surface area contributed by atoms with Crippen molar-refractivity contribution in [1.29, 1.82) is 0 Å². The van der Waals surface area contributed by atoms with Crippen LogP contribution in [0.2, 0.25) is 5.02 Å². The van der Waals surface area contributed by atoms with Crippen LogP contribution < -0.4 is 4.74 Å². The molecule has 6 nitrogen and oxygen atoms in total. The van der Waals surface area contributed by atoms with E-state index in [0.29, 0.717) is 35.8 Å². The predicted octanol–water partition coefficient (Wildman–Crippen LogP) is 6.49. The first-order chi connectivity index (χ1) is 15.4. The van der Waals surface area contributed by atoms with Crippen LogP contribution in [0.5, 0.6) is 11.5 Å². The predicted molar refractivity (Wildman–Crippen MR) is 129 cm³/mol. The van der Waals surface area contributed by atoms with Gasteiger partial charge in [-0.3, -0.25) is 4.79 Å². The van der Waals surface area contributed by atoms with Gasteiger partial charge in [0.2, 0.25) is 0 Å². The standard InChI is InChI=1S/C24H30ClNO5S/c1-4-7-18-21(10-9-17(24(18)28)20(5-2)26-29)31-12-6-13-32-22-11-8-16(14-19(22)25)15-23(27)30-3/h8-11,14,20,28H,4-7,12-13,15H2,1-3H3. The van der Waals surface area contributed by atoms with E-state index < -0.39 is 6.04 Å². The molecule has 0 fully saturated rings. The van der Waals surface area contributed by atoms with Crippen LogP contribution in [0, 0.1) is 4.91 Å². The Morgan fingerprint density at radius 2 is 2.03 bits per heavy atom. The molecule has 0 radical (unpaired) electrons. The van der Waals surface area contributed by atoms with Crippen LogP contribution in [0.3, 0.4) is 0 Å². The van der Waals surface area contributed by atoms with Crippen molar-refractivity contribution in [3.8, 4) is 11.5 Å². The molecule has 0 aromatic heterocycles. The Balaban J connectivity index is 1.93. The van der Waals surface area contributed by atoms with Crippen LogP contribution in [0.15, 0.2) is 40.4 Å². The molecular formula is C24H30ClNO5S. The van der Waals surface area contributed by atoms with Crippen LogP contribution >= 0.6 is 23.4 Å². The highest BCUT2D eigenvalue weighted by atomic mass is 35.5. The van der Waals surface area contributed by atoms with Crippen molar-refractivity contribution >= 4 is 29.3 Å². The molecule has 2 rings (SSSR count). The van der Waals surface area contributed by atoms with Crippen LogP contribution in [0.25, 0.3) is 0 Å². The van der Waals surface area contributed by atoms with Gasteiger partial charge in [-0.05, 0) is 49.1 Å². The number of rotatable bonds is 13. The van der Waals surface area contributed by atoms with E-state index in [4.69, 9.17) is 16.3 Å². The maximum absolute atomic E-state index is 11.4. The lowest BCUT2D eigenvalue weighted by Gasteiger charge is -2.17. The molecule has 0 amide bonds. The van der Waals surface area contributed by atoms with Gasteiger partial charge in [-0.1, -0.05) is 43.1 Å². The Morgan fingerprint density at radius 3 is 2.66 bits per heavy atom. The topological polar surface area (TPSA) is 85.2 Å². The Hall–Kier alpha value is -2.25. The van der Waals surface area contributed by atoms with Gasteiger partial charge >= 0.3 is 5.97 Å². The first-order valence-corrected chi connectivity index (χ1v) is 12.1. The fourth-order valence-electron chi connectivity index (χ4n) is 3.32. The molecule has 8 heteroatoms. The number of halogens is 1. The van der Waals surface area contributed by atoms with Gasteiger partial charge in [-0.25, -0.2) is 0 Å². The van der Waals surface area contributed by atoms with Crippen LogP contribution in [-0.4, -0.2) is 30.5 Å². The van der Waals surface area contributed by atoms with Crippen molar-refractivity contribution in [2.24, 2.45) is 5.18 Å². The summed E-state index contributed by atoms with van der Waals surface area (Å²) in [5.41, 5.74) is 2.10. The van der Waals surface area contributed by atoms with Crippen molar-refractivity contribution < 1.29 is 19.4 Å². The fourth-order valence-corrected chi connectivity index (χ4v) is 4.53. The number of ether oxygens (including phenoxy) is 2. The van der Waals surface area contributed by atoms with E-state index in [1.165, 1.54) is 7.11 Å². The molecule has 0 saturated heterocycles. The molecule has 0 aliphatic heterocycles. The number of methoxy groups -OCH3 is 1. The highest BCUT2D eigenvalue weighted by Crippen LogP contribution is 2.38. The lowest BCUT2D eigenvalue weighted by atomic mass is 9.98. The smallest absolute Gasteiger partial charge is 0.309 e. The number of carbonyl (C=O) groups excluding carboxylic acids is 1. The van der Waals surface area contributed by atoms with Gasteiger partial charge in [0.15, 0.2) is 0 Å².